The first-order chi connectivity index (χ1) is 4.74. The lowest BCUT2D eigenvalue weighted by atomic mass is 10.3. The molecule has 1 heterocycles. The van der Waals surface area contributed by atoms with Crippen LogP contribution in [-0.4, -0.2) is 10.2 Å². The van der Waals surface area contributed by atoms with Gasteiger partial charge in [-0.05, 0) is 12.5 Å². The van der Waals surface area contributed by atoms with Gasteiger partial charge in [0.25, 0.3) is 0 Å². The van der Waals surface area contributed by atoms with Crippen molar-refractivity contribution >= 4 is 5.69 Å². The molecule has 0 aliphatic carbocycles. The van der Waals surface area contributed by atoms with E-state index in [2.05, 4.69) is 4.98 Å². The Morgan fingerprint density at radius 1 is 1.70 bits per heavy atom. The second-order valence-corrected chi connectivity index (χ2v) is 2.09. The fraction of sp³-hybridized carbons (Fsp3) is 0.167. The number of hydrogen-bond acceptors (Lipinski definition) is 2. The molecule has 0 saturated carbocycles. The first kappa shape index (κ1) is 6.98. The lowest BCUT2D eigenvalue weighted by Crippen LogP contribution is -2.76. The third-order valence-electron chi connectivity index (χ3n) is 1.22. The highest BCUT2D eigenvalue weighted by Gasteiger charge is 2.00. The highest BCUT2D eigenvalue weighted by atomic mass is 16.5. The Kier molecular flexibility index (Phi) is 1.84. The van der Waals surface area contributed by atoms with Gasteiger partial charge in [-0.3, -0.25) is 4.79 Å². The van der Waals surface area contributed by atoms with E-state index >= 15 is 0 Å². The molecule has 0 aliphatic heterocycles. The van der Waals surface area contributed by atoms with Gasteiger partial charge < -0.3 is 4.98 Å². The van der Waals surface area contributed by atoms with Gasteiger partial charge >= 0.3 is 5.56 Å². The molecule has 0 amide bonds. The maximum absolute atomic E-state index is 10.8. The van der Waals surface area contributed by atoms with Crippen LogP contribution in [0.25, 0.3) is 0 Å². The van der Waals surface area contributed by atoms with Gasteiger partial charge in [-0.2, -0.15) is 5.48 Å². The molecule has 0 fully saturated rings. The summed E-state index contributed by atoms with van der Waals surface area (Å²) in [6, 6.07) is 1.61. The summed E-state index contributed by atoms with van der Waals surface area (Å²) in [5, 5.41) is 8.50. The van der Waals surface area contributed by atoms with Crippen LogP contribution < -0.4 is 11.0 Å². The number of aromatic nitrogens is 1. The molecule has 0 aliphatic rings. The summed E-state index contributed by atoms with van der Waals surface area (Å²) < 4.78 is 0. The quantitative estimate of drug-likeness (QED) is 0.451. The van der Waals surface area contributed by atoms with Crippen LogP contribution in [0.3, 0.4) is 0 Å². The van der Waals surface area contributed by atoms with E-state index in [1.165, 1.54) is 0 Å². The number of H-pyrrole nitrogens is 1. The fourth-order valence-corrected chi connectivity index (χ4v) is 0.711. The summed E-state index contributed by atoms with van der Waals surface area (Å²) in [4.78, 5) is 13.2. The highest BCUT2D eigenvalue weighted by molar-refractivity contribution is 5.27. The third-order valence-corrected chi connectivity index (χ3v) is 1.22. The van der Waals surface area contributed by atoms with Crippen molar-refractivity contribution in [3.63, 3.8) is 0 Å². The van der Waals surface area contributed by atoms with Gasteiger partial charge in [-0.15, -0.1) is 0 Å². The first-order valence-corrected chi connectivity index (χ1v) is 2.91. The number of aryl methyl sites for hydroxylation is 1. The summed E-state index contributed by atoms with van der Waals surface area (Å²) in [5.74, 6) is 0. The number of quaternary nitrogens is 1. The fourth-order valence-electron chi connectivity index (χ4n) is 0.711. The molecule has 0 radical (unpaired) electrons. The average molecular weight is 141 g/mol. The number of aromatic amines is 1. The van der Waals surface area contributed by atoms with Crippen LogP contribution in [0, 0.1) is 6.92 Å². The van der Waals surface area contributed by atoms with Gasteiger partial charge in [0.15, 0.2) is 0 Å². The van der Waals surface area contributed by atoms with Gasteiger partial charge in [0.2, 0.25) is 5.69 Å². The molecule has 0 saturated heterocycles. The Labute approximate surface area is 57.5 Å². The molecule has 0 atom stereocenters. The van der Waals surface area contributed by atoms with E-state index in [9.17, 15) is 4.79 Å². The van der Waals surface area contributed by atoms with E-state index in [0.29, 0.717) is 5.69 Å². The largest absolute Gasteiger partial charge is 0.324 e. The average Bonchev–Trinajstić information content (AvgIpc) is 1.94. The molecule has 10 heavy (non-hydrogen) atoms. The SMILES string of the molecule is Cc1c[nH]c(=O)c([NH2+]O)c1. The van der Waals surface area contributed by atoms with Crippen LogP contribution in [0.5, 0.6) is 0 Å². The molecular formula is C6H9N2O2+. The molecular weight excluding hydrogens is 132 g/mol. The van der Waals surface area contributed by atoms with E-state index in [4.69, 9.17) is 5.21 Å². The summed E-state index contributed by atoms with van der Waals surface area (Å²) in [6.45, 7) is 1.84. The lowest BCUT2D eigenvalue weighted by Gasteiger charge is -1.91. The maximum Gasteiger partial charge on any atom is 0.312 e. The van der Waals surface area contributed by atoms with Crippen LogP contribution in [0.15, 0.2) is 17.1 Å². The van der Waals surface area contributed by atoms with Crippen molar-refractivity contribution in [2.75, 3.05) is 0 Å². The molecule has 4 nitrogen and oxygen atoms in total. The number of hydrogen-bond donors (Lipinski definition) is 3. The van der Waals surface area contributed by atoms with Crippen molar-refractivity contribution in [3.8, 4) is 0 Å². The predicted molar refractivity (Wildman–Crippen MR) is 35.2 cm³/mol. The molecule has 1 aromatic rings. The Morgan fingerprint density at radius 3 is 2.90 bits per heavy atom. The second-order valence-electron chi connectivity index (χ2n) is 2.09. The number of nitrogens with one attached hydrogen (secondary N) is 1. The van der Waals surface area contributed by atoms with Crippen LogP contribution in [-0.2, 0) is 0 Å². The van der Waals surface area contributed by atoms with E-state index in [-0.39, 0.29) is 5.56 Å². The number of rotatable bonds is 1. The van der Waals surface area contributed by atoms with Crippen molar-refractivity contribution in [1.82, 2.24) is 4.98 Å². The Bertz CT molecular complexity index is 279. The van der Waals surface area contributed by atoms with Crippen molar-refractivity contribution in [1.29, 1.82) is 0 Å². The standard InChI is InChI=1S/C6H8N2O2/c1-4-2-5(8-10)6(9)7-3-4/h2-3,8,10H,1H3,(H,7,9)/p+1. The van der Waals surface area contributed by atoms with Crippen molar-refractivity contribution in [2.24, 2.45) is 0 Å². The van der Waals surface area contributed by atoms with E-state index in [1.807, 2.05) is 6.92 Å². The lowest BCUT2D eigenvalue weighted by molar-refractivity contribution is -0.826. The Morgan fingerprint density at radius 2 is 2.40 bits per heavy atom. The zero-order valence-corrected chi connectivity index (χ0v) is 5.59. The molecule has 0 spiro atoms. The highest BCUT2D eigenvalue weighted by Crippen LogP contribution is 1.93. The minimum Gasteiger partial charge on any atom is -0.324 e. The molecule has 4 N–H and O–H groups in total. The summed E-state index contributed by atoms with van der Waals surface area (Å²) in [6.07, 6.45) is 1.59. The van der Waals surface area contributed by atoms with Crippen LogP contribution in [0.4, 0.5) is 5.69 Å². The maximum atomic E-state index is 10.8. The van der Waals surface area contributed by atoms with Crippen LogP contribution in [0.1, 0.15) is 5.56 Å². The minimum absolute atomic E-state index is 0.270. The van der Waals surface area contributed by atoms with Gasteiger partial charge in [0.1, 0.15) is 0 Å². The summed E-state index contributed by atoms with van der Waals surface area (Å²) in [7, 11) is 0. The Hall–Kier alpha value is -1.13. The molecule has 0 aromatic carbocycles. The molecule has 54 valence electrons. The topological polar surface area (TPSA) is 69.7 Å². The van der Waals surface area contributed by atoms with E-state index in [1.54, 1.807) is 12.3 Å². The molecule has 4 heteroatoms. The van der Waals surface area contributed by atoms with Crippen LogP contribution >= 0.6 is 0 Å². The monoisotopic (exact) mass is 141 g/mol. The number of nitrogens with two attached hydrogens (primary N) is 1. The predicted octanol–water partition coefficient (Wildman–Crippen LogP) is -0.733. The first-order valence-electron chi connectivity index (χ1n) is 2.91. The minimum atomic E-state index is -0.270. The van der Waals surface area contributed by atoms with Crippen molar-refractivity contribution in [2.45, 2.75) is 6.92 Å². The Balaban J connectivity index is 3.22. The van der Waals surface area contributed by atoms with Crippen LogP contribution in [0.2, 0.25) is 0 Å². The van der Waals surface area contributed by atoms with Crippen molar-refractivity contribution < 1.29 is 10.7 Å². The molecule has 1 rings (SSSR count). The summed E-state index contributed by atoms with van der Waals surface area (Å²) >= 11 is 0. The van der Waals surface area contributed by atoms with Crippen molar-refractivity contribution in [3.05, 3.63) is 28.2 Å². The van der Waals surface area contributed by atoms with Gasteiger partial charge in [-0.25, -0.2) is 5.21 Å². The third kappa shape index (κ3) is 1.23. The molecule has 1 aromatic heterocycles. The number of pyridine rings is 1. The zero-order valence-electron chi connectivity index (χ0n) is 5.59. The second kappa shape index (κ2) is 2.64. The molecule has 0 unspecified atom stereocenters. The van der Waals surface area contributed by atoms with Gasteiger partial charge in [-0.1, -0.05) is 0 Å². The summed E-state index contributed by atoms with van der Waals surface area (Å²) in [5.41, 5.74) is 1.74. The zero-order chi connectivity index (χ0) is 7.56. The van der Waals surface area contributed by atoms with Gasteiger partial charge in [0.05, 0.1) is 0 Å². The van der Waals surface area contributed by atoms with Gasteiger partial charge in [0, 0.05) is 12.3 Å². The van der Waals surface area contributed by atoms with E-state index < -0.39 is 0 Å². The molecule has 0 bridgehead atoms. The smallest absolute Gasteiger partial charge is 0.312 e. The normalized spacial score (nSPS) is 9.80. The van der Waals surface area contributed by atoms with E-state index in [0.717, 1.165) is 11.0 Å².